The average molecular weight is 432 g/mol. The fraction of sp³-hybridized carbons (Fsp3) is 0.0500. The van der Waals surface area contributed by atoms with E-state index in [1.165, 1.54) is 41.7 Å². The zero-order chi connectivity index (χ0) is 20.1. The van der Waals surface area contributed by atoms with Gasteiger partial charge in [0.15, 0.2) is 5.13 Å². The number of carbonyl (C=O) groups excluding carboxylic acids is 1. The molecule has 3 aromatic rings. The quantitative estimate of drug-likeness (QED) is 0.414. The lowest BCUT2D eigenvalue weighted by molar-refractivity contribution is -0.112. The van der Waals surface area contributed by atoms with Gasteiger partial charge in [-0.05, 0) is 35.4 Å². The molecule has 0 bridgehead atoms. The molecule has 140 valence electrons. The summed E-state index contributed by atoms with van der Waals surface area (Å²) < 4.78 is 13.0. The molecule has 4 nitrogen and oxygen atoms in total. The van der Waals surface area contributed by atoms with E-state index in [2.05, 4.69) is 10.3 Å². The van der Waals surface area contributed by atoms with Crippen molar-refractivity contribution in [2.24, 2.45) is 0 Å². The van der Waals surface area contributed by atoms with Gasteiger partial charge in [-0.3, -0.25) is 10.1 Å². The highest BCUT2D eigenvalue weighted by atomic mass is 35.5. The van der Waals surface area contributed by atoms with Gasteiger partial charge in [-0.25, -0.2) is 9.37 Å². The van der Waals surface area contributed by atoms with Gasteiger partial charge in [0.1, 0.15) is 17.5 Å². The number of amides is 1. The Kier molecular flexibility index (Phi) is 6.42. The largest absolute Gasteiger partial charge is 0.297 e. The highest BCUT2D eigenvalue weighted by Crippen LogP contribution is 2.29. The van der Waals surface area contributed by atoms with Crippen molar-refractivity contribution in [1.29, 1.82) is 5.26 Å². The third-order valence-corrected chi connectivity index (χ3v) is 5.49. The maximum Gasteiger partial charge on any atom is 0.268 e. The molecule has 0 aliphatic rings. The summed E-state index contributed by atoms with van der Waals surface area (Å²) in [5.41, 5.74) is 1.29. The highest BCUT2D eigenvalue weighted by molar-refractivity contribution is 7.15. The standard InChI is InChI=1S/C20H12Cl2FN3OS/c21-17-3-1-2-13(18(17)22)9-16-11-25-20(28-16)26-19(27)14(10-24)8-12-4-6-15(23)7-5-12/h1-8,11H,9H2,(H,25,26,27). The second-order valence-electron chi connectivity index (χ2n) is 5.70. The maximum atomic E-state index is 13.0. The molecule has 0 unspecified atom stereocenters. The van der Waals surface area contributed by atoms with Gasteiger partial charge in [-0.15, -0.1) is 11.3 Å². The number of halogens is 3. The monoisotopic (exact) mass is 431 g/mol. The summed E-state index contributed by atoms with van der Waals surface area (Å²) >= 11 is 13.5. The second kappa shape index (κ2) is 8.98. The zero-order valence-electron chi connectivity index (χ0n) is 14.2. The number of thiazole rings is 1. The molecule has 8 heteroatoms. The Hall–Kier alpha value is -2.72. The first kappa shape index (κ1) is 20.0. The Morgan fingerprint density at radius 2 is 2.00 bits per heavy atom. The van der Waals surface area contributed by atoms with E-state index in [1.54, 1.807) is 12.3 Å². The number of nitriles is 1. The zero-order valence-corrected chi connectivity index (χ0v) is 16.6. The summed E-state index contributed by atoms with van der Waals surface area (Å²) in [4.78, 5) is 17.4. The number of benzene rings is 2. The van der Waals surface area contributed by atoms with E-state index < -0.39 is 11.7 Å². The van der Waals surface area contributed by atoms with Crippen molar-refractivity contribution < 1.29 is 9.18 Å². The Balaban J connectivity index is 1.71. The third-order valence-electron chi connectivity index (χ3n) is 3.72. The molecule has 0 saturated carbocycles. The van der Waals surface area contributed by atoms with Crippen molar-refractivity contribution >= 4 is 51.7 Å². The maximum absolute atomic E-state index is 13.0. The van der Waals surface area contributed by atoms with Gasteiger partial charge >= 0.3 is 0 Å². The Labute approximate surface area is 174 Å². The molecule has 0 radical (unpaired) electrons. The van der Waals surface area contributed by atoms with Gasteiger partial charge in [0.05, 0.1) is 10.0 Å². The van der Waals surface area contributed by atoms with Crippen molar-refractivity contribution in [2.75, 3.05) is 5.32 Å². The third kappa shape index (κ3) is 4.96. The molecule has 0 atom stereocenters. The molecule has 0 fully saturated rings. The minimum Gasteiger partial charge on any atom is -0.297 e. The van der Waals surface area contributed by atoms with Gasteiger partial charge in [0, 0.05) is 17.5 Å². The Bertz CT molecular complexity index is 1090. The van der Waals surface area contributed by atoms with Crippen molar-refractivity contribution in [3.63, 3.8) is 0 Å². The van der Waals surface area contributed by atoms with E-state index in [-0.39, 0.29) is 5.57 Å². The predicted molar refractivity (Wildman–Crippen MR) is 110 cm³/mol. The van der Waals surface area contributed by atoms with Crippen LogP contribution in [-0.4, -0.2) is 10.9 Å². The molecule has 0 spiro atoms. The molecule has 2 aromatic carbocycles. The predicted octanol–water partition coefficient (Wildman–Crippen LogP) is 5.73. The highest BCUT2D eigenvalue weighted by Gasteiger charge is 2.13. The SMILES string of the molecule is N#CC(=Cc1ccc(F)cc1)C(=O)Nc1ncc(Cc2cccc(Cl)c2Cl)s1. The number of nitrogens with zero attached hydrogens (tertiary/aromatic N) is 2. The van der Waals surface area contributed by atoms with Crippen molar-refractivity contribution in [2.45, 2.75) is 6.42 Å². The molecule has 0 aliphatic carbocycles. The molecule has 0 saturated heterocycles. The van der Waals surface area contributed by atoms with Crippen LogP contribution in [0.15, 0.2) is 54.2 Å². The second-order valence-corrected chi connectivity index (χ2v) is 7.60. The van der Waals surface area contributed by atoms with Crippen LogP contribution in [0.1, 0.15) is 16.0 Å². The van der Waals surface area contributed by atoms with Crippen molar-refractivity contribution in [1.82, 2.24) is 4.98 Å². The van der Waals surface area contributed by atoms with Gasteiger partial charge in [0.25, 0.3) is 5.91 Å². The molecule has 1 heterocycles. The molecule has 28 heavy (non-hydrogen) atoms. The molecule has 0 aliphatic heterocycles. The summed E-state index contributed by atoms with van der Waals surface area (Å²) in [5.74, 6) is -0.983. The van der Waals surface area contributed by atoms with E-state index in [0.717, 1.165) is 10.4 Å². The first-order valence-electron chi connectivity index (χ1n) is 8.02. The van der Waals surface area contributed by atoms with Gasteiger partial charge < -0.3 is 0 Å². The number of rotatable bonds is 5. The van der Waals surface area contributed by atoms with Crippen LogP contribution in [0.5, 0.6) is 0 Å². The van der Waals surface area contributed by atoms with Crippen LogP contribution in [0.4, 0.5) is 9.52 Å². The van der Waals surface area contributed by atoms with Gasteiger partial charge in [-0.2, -0.15) is 5.26 Å². The lowest BCUT2D eigenvalue weighted by Crippen LogP contribution is -2.13. The van der Waals surface area contributed by atoms with Crippen LogP contribution in [0.2, 0.25) is 10.0 Å². The minimum absolute atomic E-state index is 0.110. The molecular weight excluding hydrogens is 420 g/mol. The van der Waals surface area contributed by atoms with E-state index >= 15 is 0 Å². The molecular formula is C20H12Cl2FN3OS. The number of aromatic nitrogens is 1. The minimum atomic E-state index is -0.589. The lowest BCUT2D eigenvalue weighted by atomic mass is 10.1. The van der Waals surface area contributed by atoms with Crippen LogP contribution < -0.4 is 5.32 Å². The molecule has 3 rings (SSSR count). The first-order valence-corrected chi connectivity index (χ1v) is 9.60. The smallest absolute Gasteiger partial charge is 0.268 e. The van der Waals surface area contributed by atoms with Crippen LogP contribution >= 0.6 is 34.5 Å². The summed E-state index contributed by atoms with van der Waals surface area (Å²) in [6.07, 6.45) is 3.53. The van der Waals surface area contributed by atoms with E-state index in [1.807, 2.05) is 18.2 Å². The fourth-order valence-corrected chi connectivity index (χ4v) is 3.58. The van der Waals surface area contributed by atoms with Crippen LogP contribution in [-0.2, 0) is 11.2 Å². The molecule has 1 aromatic heterocycles. The Morgan fingerprint density at radius 1 is 1.25 bits per heavy atom. The van der Waals surface area contributed by atoms with E-state index in [0.29, 0.717) is 27.2 Å². The molecule has 1 N–H and O–H groups in total. The summed E-state index contributed by atoms with van der Waals surface area (Å²) in [6.45, 7) is 0. The van der Waals surface area contributed by atoms with Crippen LogP contribution in [0.25, 0.3) is 6.08 Å². The van der Waals surface area contributed by atoms with Crippen molar-refractivity contribution in [3.8, 4) is 6.07 Å². The first-order chi connectivity index (χ1) is 13.5. The van der Waals surface area contributed by atoms with Crippen LogP contribution in [0.3, 0.4) is 0 Å². The Morgan fingerprint density at radius 3 is 2.71 bits per heavy atom. The van der Waals surface area contributed by atoms with Crippen LogP contribution in [0, 0.1) is 17.1 Å². The normalized spacial score (nSPS) is 11.1. The topological polar surface area (TPSA) is 65.8 Å². The lowest BCUT2D eigenvalue weighted by Gasteiger charge is -2.03. The van der Waals surface area contributed by atoms with Crippen molar-refractivity contribution in [3.05, 3.63) is 86.1 Å². The summed E-state index contributed by atoms with van der Waals surface area (Å²) in [5, 5.41) is 13.2. The van der Waals surface area contributed by atoms with Gasteiger partial charge in [0.2, 0.25) is 0 Å². The van der Waals surface area contributed by atoms with E-state index in [4.69, 9.17) is 23.2 Å². The number of anilines is 1. The number of hydrogen-bond acceptors (Lipinski definition) is 4. The average Bonchev–Trinajstić information content (AvgIpc) is 3.11. The number of carbonyl (C=O) groups is 1. The number of nitrogens with one attached hydrogen (secondary N) is 1. The summed E-state index contributed by atoms with van der Waals surface area (Å²) in [6, 6.07) is 12.7. The van der Waals surface area contributed by atoms with E-state index in [9.17, 15) is 14.4 Å². The van der Waals surface area contributed by atoms with Gasteiger partial charge in [-0.1, -0.05) is 47.5 Å². The number of hydrogen-bond donors (Lipinski definition) is 1. The molecule has 1 amide bonds. The summed E-state index contributed by atoms with van der Waals surface area (Å²) in [7, 11) is 0. The fourth-order valence-electron chi connectivity index (χ4n) is 2.36.